The Morgan fingerprint density at radius 1 is 1.19 bits per heavy atom. The van der Waals surface area contributed by atoms with E-state index in [-0.39, 0.29) is 13.2 Å². The Labute approximate surface area is 152 Å². The summed E-state index contributed by atoms with van der Waals surface area (Å²) in [5.41, 5.74) is 9.19. The van der Waals surface area contributed by atoms with Gasteiger partial charge in [0.2, 0.25) is 0 Å². The molecule has 6 heteroatoms. The third-order valence-corrected chi connectivity index (χ3v) is 3.76. The third-order valence-electron chi connectivity index (χ3n) is 3.76. The summed E-state index contributed by atoms with van der Waals surface area (Å²) < 4.78 is 9.87. The highest BCUT2D eigenvalue weighted by Gasteiger charge is 2.12. The number of nitrogens with two attached hydrogens (primary N) is 1. The summed E-state index contributed by atoms with van der Waals surface area (Å²) in [4.78, 5) is 23.4. The van der Waals surface area contributed by atoms with Crippen molar-refractivity contribution in [2.75, 3.05) is 19.4 Å². The molecule has 3 N–H and O–H groups in total. The molecule has 2 aromatic carbocycles. The Morgan fingerprint density at radius 2 is 1.92 bits per heavy atom. The average Bonchev–Trinajstić information content (AvgIpc) is 2.66. The van der Waals surface area contributed by atoms with E-state index >= 15 is 0 Å². The summed E-state index contributed by atoms with van der Waals surface area (Å²) in [7, 11) is 1.32. The van der Waals surface area contributed by atoms with Crippen LogP contribution in [0, 0.1) is 6.92 Å². The number of esters is 1. The Morgan fingerprint density at radius 3 is 2.62 bits per heavy atom. The number of carbonyl (C=O) groups is 2. The number of alkyl carbamates (subject to hydrolysis) is 1. The maximum atomic E-state index is 11.8. The van der Waals surface area contributed by atoms with Gasteiger partial charge in [0.15, 0.2) is 0 Å². The number of carbonyl (C=O) groups excluding carboxylic acids is 2. The van der Waals surface area contributed by atoms with Crippen molar-refractivity contribution in [3.63, 3.8) is 0 Å². The fourth-order valence-corrected chi connectivity index (χ4v) is 2.29. The molecule has 0 spiro atoms. The largest absolute Gasteiger partial charge is 0.465 e. The van der Waals surface area contributed by atoms with Crippen LogP contribution < -0.4 is 11.1 Å². The topological polar surface area (TPSA) is 90.6 Å². The van der Waals surface area contributed by atoms with Crippen LogP contribution >= 0.6 is 0 Å². The van der Waals surface area contributed by atoms with Crippen LogP contribution in [0.4, 0.5) is 10.5 Å². The second kappa shape index (κ2) is 9.27. The van der Waals surface area contributed by atoms with Crippen LogP contribution in [0.15, 0.2) is 48.5 Å². The lowest BCUT2D eigenvalue weighted by atomic mass is 10.0. The van der Waals surface area contributed by atoms with Crippen LogP contribution in [0.2, 0.25) is 0 Å². The molecule has 26 heavy (non-hydrogen) atoms. The van der Waals surface area contributed by atoms with Gasteiger partial charge in [0.05, 0.1) is 12.7 Å². The third kappa shape index (κ3) is 5.37. The van der Waals surface area contributed by atoms with E-state index in [1.54, 1.807) is 31.2 Å². The molecule has 6 nitrogen and oxygen atoms in total. The van der Waals surface area contributed by atoms with Gasteiger partial charge in [0, 0.05) is 12.2 Å². The Kier molecular flexibility index (Phi) is 6.79. The van der Waals surface area contributed by atoms with Gasteiger partial charge in [-0.25, -0.2) is 9.59 Å². The van der Waals surface area contributed by atoms with Crippen molar-refractivity contribution in [1.29, 1.82) is 0 Å². The molecule has 0 aliphatic carbocycles. The molecule has 0 aliphatic heterocycles. The molecule has 0 radical (unpaired) electrons. The van der Waals surface area contributed by atoms with E-state index in [1.165, 1.54) is 7.11 Å². The number of ether oxygens (including phenoxy) is 2. The van der Waals surface area contributed by atoms with E-state index in [0.717, 1.165) is 11.1 Å². The first-order valence-corrected chi connectivity index (χ1v) is 8.10. The van der Waals surface area contributed by atoms with Crippen molar-refractivity contribution in [1.82, 2.24) is 5.32 Å². The number of hydrogen-bond donors (Lipinski definition) is 2. The summed E-state index contributed by atoms with van der Waals surface area (Å²) in [6.45, 7) is 2.27. The highest BCUT2D eigenvalue weighted by molar-refractivity contribution is 5.93. The van der Waals surface area contributed by atoms with Crippen molar-refractivity contribution in [3.05, 3.63) is 70.8 Å². The van der Waals surface area contributed by atoms with E-state index in [9.17, 15) is 9.59 Å². The molecular formula is C20H22N2O4. The molecule has 0 bridgehead atoms. The SMILES string of the molecule is COC(=O)c1cc(C=CCNC(=O)OCc2ccccc2)cc(N)c1C. The molecule has 136 valence electrons. The van der Waals surface area contributed by atoms with Crippen LogP contribution in [0.5, 0.6) is 0 Å². The zero-order chi connectivity index (χ0) is 18.9. The molecule has 0 unspecified atom stereocenters. The van der Waals surface area contributed by atoms with Crippen LogP contribution in [-0.4, -0.2) is 25.7 Å². The second-order valence-electron chi connectivity index (χ2n) is 5.62. The summed E-state index contributed by atoms with van der Waals surface area (Å²) >= 11 is 0. The maximum Gasteiger partial charge on any atom is 0.407 e. The first-order valence-electron chi connectivity index (χ1n) is 8.10. The zero-order valence-corrected chi connectivity index (χ0v) is 14.8. The Bertz CT molecular complexity index is 801. The molecule has 1 amide bonds. The van der Waals surface area contributed by atoms with Crippen molar-refractivity contribution in [3.8, 4) is 0 Å². The van der Waals surface area contributed by atoms with E-state index in [0.29, 0.717) is 16.8 Å². The molecule has 2 aromatic rings. The number of rotatable bonds is 6. The maximum absolute atomic E-state index is 11.8. The van der Waals surface area contributed by atoms with Crippen molar-refractivity contribution < 1.29 is 19.1 Å². The minimum atomic E-state index is -0.503. The van der Waals surface area contributed by atoms with Crippen LogP contribution in [0.25, 0.3) is 6.08 Å². The number of anilines is 1. The molecule has 0 atom stereocenters. The van der Waals surface area contributed by atoms with Gasteiger partial charge >= 0.3 is 12.1 Å². The second-order valence-corrected chi connectivity index (χ2v) is 5.62. The fraction of sp³-hybridized carbons (Fsp3) is 0.200. The van der Waals surface area contributed by atoms with Gasteiger partial charge in [0.25, 0.3) is 0 Å². The average molecular weight is 354 g/mol. The van der Waals surface area contributed by atoms with E-state index < -0.39 is 12.1 Å². The Balaban J connectivity index is 1.87. The molecule has 2 rings (SSSR count). The molecule has 0 heterocycles. The fourth-order valence-electron chi connectivity index (χ4n) is 2.29. The molecule has 0 saturated heterocycles. The lowest BCUT2D eigenvalue weighted by molar-refractivity contribution is 0.0600. The molecule has 0 saturated carbocycles. The van der Waals surface area contributed by atoms with Crippen LogP contribution in [0.1, 0.15) is 27.0 Å². The minimum Gasteiger partial charge on any atom is -0.465 e. The van der Waals surface area contributed by atoms with Gasteiger partial charge in [-0.1, -0.05) is 42.5 Å². The first kappa shape index (κ1) is 19.1. The van der Waals surface area contributed by atoms with Gasteiger partial charge in [-0.2, -0.15) is 0 Å². The summed E-state index contributed by atoms with van der Waals surface area (Å²) in [6.07, 6.45) is 3.01. The van der Waals surface area contributed by atoms with Gasteiger partial charge in [-0.05, 0) is 35.7 Å². The summed E-state index contributed by atoms with van der Waals surface area (Å²) in [6, 6.07) is 12.9. The van der Waals surface area contributed by atoms with E-state index in [4.69, 9.17) is 15.2 Å². The lowest BCUT2D eigenvalue weighted by Crippen LogP contribution is -2.24. The normalized spacial score (nSPS) is 10.5. The quantitative estimate of drug-likeness (QED) is 0.613. The summed E-state index contributed by atoms with van der Waals surface area (Å²) in [5, 5.41) is 2.63. The van der Waals surface area contributed by atoms with Gasteiger partial charge in [-0.15, -0.1) is 0 Å². The molecule has 0 aromatic heterocycles. The van der Waals surface area contributed by atoms with Crippen LogP contribution in [0.3, 0.4) is 0 Å². The van der Waals surface area contributed by atoms with Crippen molar-refractivity contribution in [2.24, 2.45) is 0 Å². The highest BCUT2D eigenvalue weighted by Crippen LogP contribution is 2.20. The zero-order valence-electron chi connectivity index (χ0n) is 14.8. The Hall–Kier alpha value is -3.28. The van der Waals surface area contributed by atoms with Crippen molar-refractivity contribution >= 4 is 23.8 Å². The smallest absolute Gasteiger partial charge is 0.407 e. The predicted molar refractivity (Wildman–Crippen MR) is 101 cm³/mol. The number of nitrogens with one attached hydrogen (secondary N) is 1. The predicted octanol–water partition coefficient (Wildman–Crippen LogP) is 3.30. The monoisotopic (exact) mass is 354 g/mol. The number of benzene rings is 2. The highest BCUT2D eigenvalue weighted by atomic mass is 16.5. The van der Waals surface area contributed by atoms with Gasteiger partial charge < -0.3 is 20.5 Å². The van der Waals surface area contributed by atoms with E-state index in [1.807, 2.05) is 30.3 Å². The number of amides is 1. The van der Waals surface area contributed by atoms with Crippen LogP contribution in [-0.2, 0) is 16.1 Å². The van der Waals surface area contributed by atoms with E-state index in [2.05, 4.69) is 5.32 Å². The molecule has 0 aliphatic rings. The molecular weight excluding hydrogens is 332 g/mol. The summed E-state index contributed by atoms with van der Waals surface area (Å²) in [5.74, 6) is -0.438. The van der Waals surface area contributed by atoms with Gasteiger partial charge in [0.1, 0.15) is 6.61 Å². The number of methoxy groups -OCH3 is 1. The van der Waals surface area contributed by atoms with Gasteiger partial charge in [-0.3, -0.25) is 0 Å². The molecule has 0 fully saturated rings. The number of nitrogen functional groups attached to an aromatic ring is 1. The van der Waals surface area contributed by atoms with Crippen molar-refractivity contribution in [2.45, 2.75) is 13.5 Å². The minimum absolute atomic E-state index is 0.216. The first-order chi connectivity index (χ1) is 12.5. The number of hydrogen-bond acceptors (Lipinski definition) is 5. The standard InChI is InChI=1S/C20H22N2O4/c1-14-17(19(23)25-2)11-16(12-18(14)21)9-6-10-22-20(24)26-13-15-7-4-3-5-8-15/h3-9,11-12H,10,13,21H2,1-2H3,(H,22,24). The lowest BCUT2D eigenvalue weighted by Gasteiger charge is -2.08.